The first-order valence-electron chi connectivity index (χ1n) is 10.9. The third kappa shape index (κ3) is 23.3. The first kappa shape index (κ1) is 26.4. The normalized spacial score (nSPS) is 11.9. The van der Waals surface area contributed by atoms with Gasteiger partial charge in [-0.25, -0.2) is 8.42 Å². The van der Waals surface area contributed by atoms with Crippen LogP contribution in [0.3, 0.4) is 0 Å². The number of unbranched alkanes of at least 4 members (excludes halogenated alkanes) is 11. The third-order valence-electron chi connectivity index (χ3n) is 4.71. The molecule has 0 amide bonds. The van der Waals surface area contributed by atoms with Crippen LogP contribution in [-0.4, -0.2) is 31.3 Å². The molecule has 0 N–H and O–H groups in total. The number of carbonyl (C=O) groups excluding carboxylic acids is 1. The summed E-state index contributed by atoms with van der Waals surface area (Å²) >= 11 is 0. The summed E-state index contributed by atoms with van der Waals surface area (Å²) < 4.78 is 36.1. The smallest absolute Gasteiger partial charge is 0.305 e. The number of ether oxygens (including phenoxy) is 1. The largest absolute Gasteiger partial charge is 0.748 e. The molecule has 0 radical (unpaired) electrons. The molecule has 6 heteroatoms. The van der Waals surface area contributed by atoms with E-state index >= 15 is 0 Å². The maximum atomic E-state index is 11.5. The molecule has 0 bridgehead atoms. The predicted molar refractivity (Wildman–Crippen MR) is 110 cm³/mol. The summed E-state index contributed by atoms with van der Waals surface area (Å²) in [4.78, 5) is 11.5. The molecular formula is C21H41O5S-. The van der Waals surface area contributed by atoms with Gasteiger partial charge in [0.1, 0.15) is 0 Å². The van der Waals surface area contributed by atoms with Gasteiger partial charge < -0.3 is 9.29 Å². The van der Waals surface area contributed by atoms with Crippen LogP contribution in [0.5, 0.6) is 0 Å². The SMILES string of the molecule is CC(C)CCCCCCCCCCCCCCC(=O)OCCCS(=O)(=O)[O-]. The fourth-order valence-electron chi connectivity index (χ4n) is 3.08. The third-order valence-corrected chi connectivity index (χ3v) is 5.50. The van der Waals surface area contributed by atoms with Gasteiger partial charge in [-0.15, -0.1) is 0 Å². The van der Waals surface area contributed by atoms with E-state index in [1.165, 1.54) is 64.2 Å². The number of carbonyl (C=O) groups is 1. The first-order valence-corrected chi connectivity index (χ1v) is 12.5. The van der Waals surface area contributed by atoms with E-state index in [9.17, 15) is 17.8 Å². The Hall–Kier alpha value is -0.620. The van der Waals surface area contributed by atoms with Gasteiger partial charge in [-0.05, 0) is 18.8 Å². The molecule has 0 saturated heterocycles. The van der Waals surface area contributed by atoms with Gasteiger partial charge in [-0.2, -0.15) is 0 Å². The van der Waals surface area contributed by atoms with Crippen LogP contribution in [0.4, 0.5) is 0 Å². The summed E-state index contributed by atoms with van der Waals surface area (Å²) in [6.07, 6.45) is 16.9. The number of hydrogen-bond acceptors (Lipinski definition) is 5. The number of esters is 1. The highest BCUT2D eigenvalue weighted by Gasteiger charge is 2.03. The molecule has 0 aromatic carbocycles. The molecule has 0 fully saturated rings. The molecule has 0 unspecified atom stereocenters. The highest BCUT2D eigenvalue weighted by atomic mass is 32.2. The van der Waals surface area contributed by atoms with Gasteiger partial charge in [0.2, 0.25) is 0 Å². The Morgan fingerprint density at radius 3 is 1.67 bits per heavy atom. The van der Waals surface area contributed by atoms with E-state index in [1.807, 2.05) is 0 Å². The molecule has 0 rings (SSSR count). The monoisotopic (exact) mass is 405 g/mol. The standard InChI is InChI=1S/C21H42O5S/c1-20(2)16-13-11-9-7-5-3-4-6-8-10-12-14-17-21(22)26-18-15-19-27(23,24)25/h20H,3-19H2,1-2H3,(H,23,24,25)/p-1. The van der Waals surface area contributed by atoms with E-state index in [4.69, 9.17) is 4.74 Å². The zero-order chi connectivity index (χ0) is 20.4. The van der Waals surface area contributed by atoms with E-state index in [0.29, 0.717) is 6.42 Å². The molecule has 5 nitrogen and oxygen atoms in total. The lowest BCUT2D eigenvalue weighted by molar-refractivity contribution is -0.143. The maximum absolute atomic E-state index is 11.5. The Morgan fingerprint density at radius 1 is 0.778 bits per heavy atom. The predicted octanol–water partition coefficient (Wildman–Crippen LogP) is 5.58. The Kier molecular flexibility index (Phi) is 17.1. The van der Waals surface area contributed by atoms with Crippen molar-refractivity contribution in [3.8, 4) is 0 Å². The van der Waals surface area contributed by atoms with Crippen LogP contribution < -0.4 is 0 Å². The summed E-state index contributed by atoms with van der Waals surface area (Å²) in [5.41, 5.74) is 0. The Balaban J connectivity index is 3.21. The molecule has 0 atom stereocenters. The van der Waals surface area contributed by atoms with E-state index in [0.717, 1.165) is 25.2 Å². The molecule has 162 valence electrons. The van der Waals surface area contributed by atoms with Gasteiger partial charge in [0.25, 0.3) is 0 Å². The number of rotatable bonds is 19. The molecule has 0 aromatic rings. The summed E-state index contributed by atoms with van der Waals surface area (Å²) in [6, 6.07) is 0. The first-order chi connectivity index (χ1) is 12.8. The fourth-order valence-corrected chi connectivity index (χ4v) is 3.55. The maximum Gasteiger partial charge on any atom is 0.305 e. The van der Waals surface area contributed by atoms with Crippen LogP contribution in [0.25, 0.3) is 0 Å². The molecule has 27 heavy (non-hydrogen) atoms. The van der Waals surface area contributed by atoms with E-state index < -0.39 is 15.9 Å². The lowest BCUT2D eigenvalue weighted by atomic mass is 10.0. The van der Waals surface area contributed by atoms with Gasteiger partial charge in [0.15, 0.2) is 0 Å². The van der Waals surface area contributed by atoms with Crippen LogP contribution in [0.2, 0.25) is 0 Å². The van der Waals surface area contributed by atoms with Gasteiger partial charge in [-0.1, -0.05) is 90.9 Å². The Labute approximate surface area is 167 Å². The van der Waals surface area contributed by atoms with Gasteiger partial charge >= 0.3 is 5.97 Å². The number of hydrogen-bond donors (Lipinski definition) is 0. The molecule has 0 aliphatic carbocycles. The fraction of sp³-hybridized carbons (Fsp3) is 0.952. The zero-order valence-electron chi connectivity index (χ0n) is 17.5. The highest BCUT2D eigenvalue weighted by molar-refractivity contribution is 7.85. The Bertz CT molecular complexity index is 445. The second-order valence-corrected chi connectivity index (χ2v) is 9.53. The summed E-state index contributed by atoms with van der Waals surface area (Å²) in [5.74, 6) is 0.0661. The van der Waals surface area contributed by atoms with Crippen molar-refractivity contribution in [2.75, 3.05) is 12.4 Å². The van der Waals surface area contributed by atoms with Crippen molar-refractivity contribution in [1.82, 2.24) is 0 Å². The van der Waals surface area contributed by atoms with E-state index in [-0.39, 0.29) is 19.0 Å². The molecule has 0 saturated carbocycles. The van der Waals surface area contributed by atoms with E-state index in [2.05, 4.69) is 13.8 Å². The molecule has 0 spiro atoms. The lowest BCUT2D eigenvalue weighted by Gasteiger charge is -2.07. The van der Waals surface area contributed by atoms with Crippen molar-refractivity contribution in [3.05, 3.63) is 0 Å². The van der Waals surface area contributed by atoms with Gasteiger partial charge in [0, 0.05) is 12.2 Å². The lowest BCUT2D eigenvalue weighted by Crippen LogP contribution is -2.10. The van der Waals surface area contributed by atoms with Crippen LogP contribution >= 0.6 is 0 Å². The van der Waals surface area contributed by atoms with Crippen LogP contribution in [0.1, 0.15) is 110 Å². The van der Waals surface area contributed by atoms with Crippen LogP contribution in [0, 0.1) is 5.92 Å². The van der Waals surface area contributed by atoms with Gasteiger partial charge in [-0.3, -0.25) is 4.79 Å². The minimum absolute atomic E-state index is 0.0119. The minimum Gasteiger partial charge on any atom is -0.748 e. The average molecular weight is 406 g/mol. The van der Waals surface area contributed by atoms with Crippen LogP contribution in [0.15, 0.2) is 0 Å². The molecule has 0 aliphatic rings. The quantitative estimate of drug-likeness (QED) is 0.159. The van der Waals surface area contributed by atoms with Crippen LogP contribution in [-0.2, 0) is 19.6 Å². The van der Waals surface area contributed by atoms with Crippen molar-refractivity contribution in [3.63, 3.8) is 0 Å². The van der Waals surface area contributed by atoms with Gasteiger partial charge in [0.05, 0.1) is 16.7 Å². The summed E-state index contributed by atoms with van der Waals surface area (Å²) in [6.45, 7) is 4.60. The van der Waals surface area contributed by atoms with Crippen molar-refractivity contribution in [2.45, 2.75) is 110 Å². The highest BCUT2D eigenvalue weighted by Crippen LogP contribution is 2.14. The topological polar surface area (TPSA) is 83.5 Å². The van der Waals surface area contributed by atoms with Crippen molar-refractivity contribution in [2.24, 2.45) is 5.92 Å². The summed E-state index contributed by atoms with van der Waals surface area (Å²) in [5, 5.41) is 0. The zero-order valence-corrected chi connectivity index (χ0v) is 18.4. The van der Waals surface area contributed by atoms with Crippen molar-refractivity contribution < 1.29 is 22.5 Å². The van der Waals surface area contributed by atoms with Crippen molar-refractivity contribution in [1.29, 1.82) is 0 Å². The van der Waals surface area contributed by atoms with Crippen molar-refractivity contribution >= 4 is 16.1 Å². The average Bonchev–Trinajstić information content (AvgIpc) is 2.58. The molecule has 0 heterocycles. The summed E-state index contributed by atoms with van der Waals surface area (Å²) in [7, 11) is -4.21. The second-order valence-electron chi connectivity index (χ2n) is 8.01. The minimum atomic E-state index is -4.21. The molecule has 0 aliphatic heterocycles. The molecule has 0 aromatic heterocycles. The Morgan fingerprint density at radius 2 is 1.22 bits per heavy atom. The van der Waals surface area contributed by atoms with E-state index in [1.54, 1.807) is 0 Å². The molecular weight excluding hydrogens is 364 g/mol. The second kappa shape index (κ2) is 17.5.